The molecule has 0 spiro atoms. The number of anilines is 1. The maximum absolute atomic E-state index is 13.0. The molecule has 1 aromatic carbocycles. The molecule has 5 nitrogen and oxygen atoms in total. The summed E-state index contributed by atoms with van der Waals surface area (Å²) < 4.78 is 37.0. The topological polar surface area (TPSA) is 80.7 Å². The van der Waals surface area contributed by atoms with Crippen molar-refractivity contribution in [2.24, 2.45) is 0 Å². The van der Waals surface area contributed by atoms with Crippen LogP contribution in [-0.4, -0.2) is 25.4 Å². The van der Waals surface area contributed by atoms with Gasteiger partial charge in [-0.3, -0.25) is 8.51 Å². The first-order chi connectivity index (χ1) is 9.47. The number of rotatable bonds is 4. The smallest absolute Gasteiger partial charge is 0.330 e. The van der Waals surface area contributed by atoms with Crippen LogP contribution in [0.3, 0.4) is 0 Å². The molecule has 0 aromatic heterocycles. The van der Waals surface area contributed by atoms with Crippen LogP contribution in [0.1, 0.15) is 32.1 Å². The number of carbonyl (C=O) groups is 1. The van der Waals surface area contributed by atoms with Gasteiger partial charge in [0.05, 0.1) is 0 Å². The molecular formula is C13H15FNO4S-. The first-order valence-electron chi connectivity index (χ1n) is 6.36. The molecule has 0 aliphatic heterocycles. The molecule has 1 fully saturated rings. The van der Waals surface area contributed by atoms with E-state index in [2.05, 4.69) is 0 Å². The molecule has 2 rings (SSSR count). The van der Waals surface area contributed by atoms with Crippen molar-refractivity contribution in [1.82, 2.24) is 0 Å². The van der Waals surface area contributed by atoms with Gasteiger partial charge in [-0.15, -0.1) is 0 Å². The highest BCUT2D eigenvalue weighted by Gasteiger charge is 2.46. The van der Waals surface area contributed by atoms with Gasteiger partial charge in [-0.1, -0.05) is 19.3 Å². The minimum atomic E-state index is -2.74. The van der Waals surface area contributed by atoms with Crippen LogP contribution in [0, 0.1) is 5.82 Å². The van der Waals surface area contributed by atoms with Crippen molar-refractivity contribution in [3.05, 3.63) is 30.1 Å². The molecule has 0 radical (unpaired) electrons. The summed E-state index contributed by atoms with van der Waals surface area (Å²) in [7, 11) is 0. The van der Waals surface area contributed by atoms with Gasteiger partial charge in [0.25, 0.3) is 0 Å². The second-order valence-electron chi connectivity index (χ2n) is 4.89. The number of nitrogens with zero attached hydrogens (tertiary/aromatic N) is 1. The molecule has 1 atom stereocenters. The third kappa shape index (κ3) is 2.69. The monoisotopic (exact) mass is 300 g/mol. The van der Waals surface area contributed by atoms with Gasteiger partial charge in [-0.2, -0.15) is 0 Å². The first-order valence-corrected chi connectivity index (χ1v) is 7.39. The Morgan fingerprint density at radius 2 is 1.80 bits per heavy atom. The van der Waals surface area contributed by atoms with Gasteiger partial charge in [0, 0.05) is 17.0 Å². The van der Waals surface area contributed by atoms with Crippen LogP contribution in [0.15, 0.2) is 24.3 Å². The van der Waals surface area contributed by atoms with Crippen molar-refractivity contribution in [1.29, 1.82) is 0 Å². The zero-order valence-corrected chi connectivity index (χ0v) is 11.6. The number of carboxylic acids is 1. The van der Waals surface area contributed by atoms with Crippen LogP contribution in [0.4, 0.5) is 10.1 Å². The van der Waals surface area contributed by atoms with Crippen LogP contribution in [-0.2, 0) is 16.1 Å². The number of carboxylic acid groups (broad SMARTS) is 1. The van der Waals surface area contributed by atoms with Gasteiger partial charge in [0.2, 0.25) is 0 Å². The Morgan fingerprint density at radius 1 is 1.25 bits per heavy atom. The summed E-state index contributed by atoms with van der Waals surface area (Å²) in [5, 5.41) is 9.53. The van der Waals surface area contributed by atoms with Gasteiger partial charge < -0.3 is 9.66 Å². The number of halogens is 1. The fourth-order valence-electron chi connectivity index (χ4n) is 2.69. The maximum atomic E-state index is 13.0. The molecule has 1 saturated carbocycles. The second-order valence-corrected chi connectivity index (χ2v) is 5.68. The average Bonchev–Trinajstić information content (AvgIpc) is 2.42. The first kappa shape index (κ1) is 14.9. The summed E-state index contributed by atoms with van der Waals surface area (Å²) in [6, 6.07) is 4.80. The number of hydrogen-bond acceptors (Lipinski definition) is 3. The van der Waals surface area contributed by atoms with Gasteiger partial charge in [0.1, 0.15) is 11.4 Å². The van der Waals surface area contributed by atoms with Crippen LogP contribution in [0.5, 0.6) is 0 Å². The zero-order chi connectivity index (χ0) is 14.8. The standard InChI is InChI=1S/C13H16FNO4S/c14-10-4-6-11(7-5-10)15(20(18)19)13(12(16)17)8-2-1-3-9-13/h4-7H,1-3,8-9H2,(H,16,17)(H,18,19)/p-1. The maximum Gasteiger partial charge on any atom is 0.330 e. The predicted octanol–water partition coefficient (Wildman–Crippen LogP) is 2.21. The van der Waals surface area contributed by atoms with Crippen LogP contribution in [0.2, 0.25) is 0 Å². The second kappa shape index (κ2) is 5.88. The van der Waals surface area contributed by atoms with Crippen LogP contribution >= 0.6 is 0 Å². The molecule has 110 valence electrons. The summed E-state index contributed by atoms with van der Waals surface area (Å²) in [5.74, 6) is -1.66. The number of benzene rings is 1. The molecule has 20 heavy (non-hydrogen) atoms. The third-order valence-corrected chi connectivity index (χ3v) is 4.54. The fraction of sp³-hybridized carbons (Fsp3) is 0.462. The van der Waals surface area contributed by atoms with Crippen molar-refractivity contribution < 1.29 is 23.1 Å². The zero-order valence-electron chi connectivity index (χ0n) is 10.8. The molecule has 1 unspecified atom stereocenters. The SMILES string of the molecule is O=C(O)C1(N(c2ccc(F)cc2)S(=O)[O-])CCCCC1. The quantitative estimate of drug-likeness (QED) is 0.864. The molecular weight excluding hydrogens is 285 g/mol. The Balaban J connectivity index is 2.47. The lowest BCUT2D eigenvalue weighted by Gasteiger charge is -2.44. The summed E-state index contributed by atoms with van der Waals surface area (Å²) >= 11 is -2.74. The van der Waals surface area contributed by atoms with E-state index in [9.17, 15) is 23.1 Å². The van der Waals surface area contributed by atoms with Gasteiger partial charge in [-0.05, 0) is 37.1 Å². The fourth-order valence-corrected chi connectivity index (χ4v) is 3.53. The van der Waals surface area contributed by atoms with Crippen molar-refractivity contribution in [2.45, 2.75) is 37.6 Å². The van der Waals surface area contributed by atoms with Gasteiger partial charge in [-0.25, -0.2) is 9.18 Å². The molecule has 0 bridgehead atoms. The Labute approximate surface area is 118 Å². The van der Waals surface area contributed by atoms with Crippen molar-refractivity contribution in [2.75, 3.05) is 4.31 Å². The Kier molecular flexibility index (Phi) is 4.39. The molecule has 1 aliphatic rings. The minimum absolute atomic E-state index is 0.170. The molecule has 0 heterocycles. The molecule has 1 aliphatic carbocycles. The molecule has 0 saturated heterocycles. The van der Waals surface area contributed by atoms with Crippen molar-refractivity contribution >= 4 is 22.9 Å². The van der Waals surface area contributed by atoms with E-state index in [0.717, 1.165) is 22.9 Å². The summed E-state index contributed by atoms with van der Waals surface area (Å²) in [4.78, 5) is 11.7. The Morgan fingerprint density at radius 3 is 2.25 bits per heavy atom. The van der Waals surface area contributed by atoms with Gasteiger partial charge in [0.15, 0.2) is 0 Å². The summed E-state index contributed by atoms with van der Waals surface area (Å²) in [6.45, 7) is 0. The predicted molar refractivity (Wildman–Crippen MR) is 71.3 cm³/mol. The van der Waals surface area contributed by atoms with E-state index in [-0.39, 0.29) is 18.5 Å². The van der Waals surface area contributed by atoms with E-state index in [1.807, 2.05) is 0 Å². The lowest BCUT2D eigenvalue weighted by molar-refractivity contribution is -0.144. The number of aliphatic carboxylic acids is 1. The highest BCUT2D eigenvalue weighted by Crippen LogP contribution is 2.38. The van der Waals surface area contributed by atoms with E-state index < -0.39 is 28.6 Å². The van der Waals surface area contributed by atoms with Crippen molar-refractivity contribution in [3.63, 3.8) is 0 Å². The molecule has 1 N–H and O–H groups in total. The van der Waals surface area contributed by atoms with E-state index in [0.29, 0.717) is 12.8 Å². The van der Waals surface area contributed by atoms with E-state index in [1.54, 1.807) is 0 Å². The lowest BCUT2D eigenvalue weighted by atomic mass is 9.81. The van der Waals surface area contributed by atoms with Crippen LogP contribution in [0.25, 0.3) is 0 Å². The molecule has 0 amide bonds. The van der Waals surface area contributed by atoms with Crippen LogP contribution < -0.4 is 4.31 Å². The van der Waals surface area contributed by atoms with E-state index in [1.165, 1.54) is 12.1 Å². The third-order valence-electron chi connectivity index (χ3n) is 3.68. The molecule has 7 heteroatoms. The number of hydrogen-bond donors (Lipinski definition) is 1. The largest absolute Gasteiger partial charge is 0.755 e. The summed E-state index contributed by atoms with van der Waals surface area (Å²) in [6.07, 6.45) is 2.71. The van der Waals surface area contributed by atoms with Crippen molar-refractivity contribution in [3.8, 4) is 0 Å². The normalized spacial score (nSPS) is 19.3. The van der Waals surface area contributed by atoms with E-state index >= 15 is 0 Å². The minimum Gasteiger partial charge on any atom is -0.755 e. The lowest BCUT2D eigenvalue weighted by Crippen LogP contribution is -2.56. The summed E-state index contributed by atoms with van der Waals surface area (Å²) in [5.41, 5.74) is -1.30. The molecule has 1 aromatic rings. The average molecular weight is 300 g/mol. The highest BCUT2D eigenvalue weighted by molar-refractivity contribution is 7.80. The Bertz CT molecular complexity index is 514. The van der Waals surface area contributed by atoms with Gasteiger partial charge >= 0.3 is 5.97 Å². The van der Waals surface area contributed by atoms with E-state index in [4.69, 9.17) is 0 Å². The highest BCUT2D eigenvalue weighted by atomic mass is 32.2. The Hall–Kier alpha value is -1.47.